The second kappa shape index (κ2) is 6.71. The van der Waals surface area contributed by atoms with Gasteiger partial charge >= 0.3 is 16.4 Å². The molecule has 1 atom stereocenters. The Labute approximate surface area is 128 Å². The number of alkyl halides is 3. The second-order valence-corrected chi connectivity index (χ2v) is 7.93. The van der Waals surface area contributed by atoms with Gasteiger partial charge in [0.25, 0.3) is 0 Å². The van der Waals surface area contributed by atoms with Crippen LogP contribution in [0.4, 0.5) is 13.2 Å². The van der Waals surface area contributed by atoms with Gasteiger partial charge in [0.05, 0.1) is 12.5 Å². The number of hydrogen-bond acceptors (Lipinski definition) is 4. The summed E-state index contributed by atoms with van der Waals surface area (Å²) in [5.74, 6) is -1.55. The summed E-state index contributed by atoms with van der Waals surface area (Å²) in [5, 5.41) is 0. The van der Waals surface area contributed by atoms with Crippen molar-refractivity contribution in [2.75, 3.05) is 19.6 Å². The highest BCUT2D eigenvalue weighted by atomic mass is 32.2. The molecule has 1 aliphatic heterocycles. The van der Waals surface area contributed by atoms with Crippen molar-refractivity contribution in [3.8, 4) is 0 Å². The molecule has 1 rings (SSSR count). The average Bonchev–Trinajstić information content (AvgIpc) is 2.22. The van der Waals surface area contributed by atoms with E-state index in [2.05, 4.69) is 4.72 Å². The van der Waals surface area contributed by atoms with E-state index in [1.807, 2.05) is 4.72 Å². The Kier molecular flexibility index (Phi) is 5.85. The van der Waals surface area contributed by atoms with E-state index in [1.165, 1.54) is 0 Å². The second-order valence-electron chi connectivity index (χ2n) is 6.51. The number of nitrogens with zero attached hydrogens (tertiary/aromatic N) is 1. The largest absolute Gasteiger partial charge is 0.401 e. The first kappa shape index (κ1) is 19.2. The van der Waals surface area contributed by atoms with Gasteiger partial charge in [-0.2, -0.15) is 26.3 Å². The Balaban J connectivity index is 2.62. The molecule has 22 heavy (non-hydrogen) atoms. The van der Waals surface area contributed by atoms with Crippen LogP contribution in [0.1, 0.15) is 33.6 Å². The molecular formula is C12H22F3N3O3S. The Morgan fingerprint density at radius 1 is 1.27 bits per heavy atom. The minimum atomic E-state index is -4.34. The Bertz CT molecular complexity index is 500. The minimum absolute atomic E-state index is 0.101. The monoisotopic (exact) mass is 345 g/mol. The molecule has 1 unspecified atom stereocenters. The third-order valence-corrected chi connectivity index (χ3v) is 4.31. The smallest absolute Gasteiger partial charge is 0.294 e. The van der Waals surface area contributed by atoms with E-state index in [1.54, 1.807) is 20.8 Å². The summed E-state index contributed by atoms with van der Waals surface area (Å²) in [7, 11) is -4.03. The number of hydrogen-bond donors (Lipinski definition) is 2. The van der Waals surface area contributed by atoms with E-state index in [4.69, 9.17) is 0 Å². The molecule has 1 fully saturated rings. The molecule has 1 saturated heterocycles. The lowest BCUT2D eigenvalue weighted by atomic mass is 9.97. The number of rotatable bonds is 4. The van der Waals surface area contributed by atoms with Gasteiger partial charge in [0.15, 0.2) is 0 Å². The van der Waals surface area contributed by atoms with Crippen LogP contribution in [0.2, 0.25) is 0 Å². The molecule has 0 radical (unpaired) electrons. The fraction of sp³-hybridized carbons (Fsp3) is 0.917. The number of halogens is 3. The van der Waals surface area contributed by atoms with Gasteiger partial charge in [-0.05, 0) is 40.2 Å². The minimum Gasteiger partial charge on any atom is -0.294 e. The van der Waals surface area contributed by atoms with E-state index in [0.717, 1.165) is 4.90 Å². The third-order valence-electron chi connectivity index (χ3n) is 2.95. The lowest BCUT2D eigenvalue weighted by molar-refractivity contribution is -0.151. The molecule has 0 saturated carbocycles. The first-order valence-electron chi connectivity index (χ1n) is 6.92. The normalized spacial score (nSPS) is 21.6. The molecule has 0 spiro atoms. The summed E-state index contributed by atoms with van der Waals surface area (Å²) in [6.07, 6.45) is -3.55. The maximum absolute atomic E-state index is 12.4. The summed E-state index contributed by atoms with van der Waals surface area (Å²) in [4.78, 5) is 13.1. The van der Waals surface area contributed by atoms with Gasteiger partial charge in [-0.3, -0.25) is 9.69 Å². The van der Waals surface area contributed by atoms with Crippen LogP contribution < -0.4 is 9.44 Å². The zero-order valence-corrected chi connectivity index (χ0v) is 13.6. The Hall–Kier alpha value is -0.870. The molecule has 0 aromatic heterocycles. The summed E-state index contributed by atoms with van der Waals surface area (Å²) < 4.78 is 64.8. The van der Waals surface area contributed by atoms with Gasteiger partial charge in [0.1, 0.15) is 0 Å². The van der Waals surface area contributed by atoms with Crippen LogP contribution in [0.3, 0.4) is 0 Å². The molecule has 0 aliphatic carbocycles. The molecule has 2 N–H and O–H groups in total. The average molecular weight is 345 g/mol. The van der Waals surface area contributed by atoms with Gasteiger partial charge in [-0.1, -0.05) is 0 Å². The maximum Gasteiger partial charge on any atom is 0.401 e. The van der Waals surface area contributed by atoms with Crippen LogP contribution in [0.15, 0.2) is 0 Å². The van der Waals surface area contributed by atoms with Crippen molar-refractivity contribution in [2.45, 2.75) is 45.3 Å². The Morgan fingerprint density at radius 2 is 1.86 bits per heavy atom. The first-order chi connectivity index (χ1) is 9.77. The van der Waals surface area contributed by atoms with Gasteiger partial charge < -0.3 is 0 Å². The zero-order valence-electron chi connectivity index (χ0n) is 12.8. The topological polar surface area (TPSA) is 78.5 Å². The van der Waals surface area contributed by atoms with Crippen LogP contribution >= 0.6 is 0 Å². The molecular weight excluding hydrogens is 323 g/mol. The van der Waals surface area contributed by atoms with E-state index in [0.29, 0.717) is 12.8 Å². The summed E-state index contributed by atoms with van der Waals surface area (Å²) in [6, 6.07) is 0. The predicted octanol–water partition coefficient (Wildman–Crippen LogP) is 1.01. The van der Waals surface area contributed by atoms with Crippen molar-refractivity contribution < 1.29 is 26.4 Å². The SMILES string of the molecule is CC(C)(C)NS(=O)(=O)NC(=O)C1CCCN(CC(F)(F)F)C1. The van der Waals surface area contributed by atoms with Gasteiger partial charge in [0.2, 0.25) is 5.91 Å². The highest BCUT2D eigenvalue weighted by molar-refractivity contribution is 7.88. The van der Waals surface area contributed by atoms with Crippen molar-refractivity contribution >= 4 is 16.1 Å². The molecule has 0 aromatic carbocycles. The molecule has 1 aliphatic rings. The molecule has 1 amide bonds. The van der Waals surface area contributed by atoms with Crippen molar-refractivity contribution in [2.24, 2.45) is 5.92 Å². The molecule has 1 heterocycles. The number of amides is 1. The van der Waals surface area contributed by atoms with Gasteiger partial charge in [0, 0.05) is 12.1 Å². The maximum atomic E-state index is 12.4. The van der Waals surface area contributed by atoms with Crippen molar-refractivity contribution in [3.63, 3.8) is 0 Å². The van der Waals surface area contributed by atoms with Gasteiger partial charge in [-0.25, -0.2) is 4.72 Å². The fourth-order valence-electron chi connectivity index (χ4n) is 2.31. The standard InChI is InChI=1S/C12H22F3N3O3S/c1-11(2,3)17-22(20,21)16-10(19)9-5-4-6-18(7-9)8-12(13,14)15/h9,17H,4-8H2,1-3H3,(H,16,19). The quantitative estimate of drug-likeness (QED) is 0.797. The van der Waals surface area contributed by atoms with Crippen LogP contribution in [0.5, 0.6) is 0 Å². The number of carbonyl (C=O) groups is 1. The molecule has 6 nitrogen and oxygen atoms in total. The summed E-state index contributed by atoms with van der Waals surface area (Å²) in [6.45, 7) is 3.89. The third kappa shape index (κ3) is 7.41. The first-order valence-corrected chi connectivity index (χ1v) is 8.40. The van der Waals surface area contributed by atoms with Gasteiger partial charge in [-0.15, -0.1) is 0 Å². The highest BCUT2D eigenvalue weighted by Crippen LogP contribution is 2.22. The molecule has 10 heteroatoms. The van der Waals surface area contributed by atoms with Crippen LogP contribution in [-0.2, 0) is 15.0 Å². The fourth-order valence-corrected chi connectivity index (χ4v) is 3.60. The van der Waals surface area contributed by atoms with Crippen LogP contribution in [0, 0.1) is 5.92 Å². The number of carbonyl (C=O) groups excluding carboxylic acids is 1. The van der Waals surface area contributed by atoms with E-state index in [-0.39, 0.29) is 13.1 Å². The lowest BCUT2D eigenvalue weighted by Crippen LogP contribution is -2.52. The summed E-state index contributed by atoms with van der Waals surface area (Å²) >= 11 is 0. The molecule has 130 valence electrons. The number of piperidine rings is 1. The van der Waals surface area contributed by atoms with E-state index < -0.39 is 40.3 Å². The molecule has 0 bridgehead atoms. The predicted molar refractivity (Wildman–Crippen MR) is 75.2 cm³/mol. The Morgan fingerprint density at radius 3 is 2.36 bits per heavy atom. The van der Waals surface area contributed by atoms with Crippen molar-refractivity contribution in [1.82, 2.24) is 14.3 Å². The zero-order chi connectivity index (χ0) is 17.2. The molecule has 0 aromatic rings. The lowest BCUT2D eigenvalue weighted by Gasteiger charge is -2.32. The summed E-state index contributed by atoms with van der Waals surface area (Å²) in [5.41, 5.74) is -0.763. The van der Waals surface area contributed by atoms with Crippen molar-refractivity contribution in [1.29, 1.82) is 0 Å². The van der Waals surface area contributed by atoms with E-state index >= 15 is 0 Å². The van der Waals surface area contributed by atoms with Crippen LogP contribution in [0.25, 0.3) is 0 Å². The van der Waals surface area contributed by atoms with Crippen molar-refractivity contribution in [3.05, 3.63) is 0 Å². The number of likely N-dealkylation sites (tertiary alicyclic amines) is 1. The highest BCUT2D eigenvalue weighted by Gasteiger charge is 2.35. The van der Waals surface area contributed by atoms with E-state index in [9.17, 15) is 26.4 Å². The number of nitrogens with one attached hydrogen (secondary N) is 2. The van der Waals surface area contributed by atoms with Crippen LogP contribution in [-0.4, -0.2) is 50.6 Å².